The number of sulfonamides is 1. The molecule has 1 unspecified atom stereocenters. The van der Waals surface area contributed by atoms with Crippen molar-refractivity contribution in [3.8, 4) is 0 Å². The summed E-state index contributed by atoms with van der Waals surface area (Å²) in [4.78, 5) is 0.354. The van der Waals surface area contributed by atoms with Gasteiger partial charge in [-0.15, -0.1) is 11.6 Å². The molecule has 1 fully saturated rings. The molecule has 0 radical (unpaired) electrons. The molecule has 1 atom stereocenters. The molecule has 1 aliphatic heterocycles. The van der Waals surface area contributed by atoms with Crippen molar-refractivity contribution in [3.63, 3.8) is 0 Å². The van der Waals surface area contributed by atoms with Crippen LogP contribution < -0.4 is 0 Å². The second kappa shape index (κ2) is 6.04. The van der Waals surface area contributed by atoms with Crippen molar-refractivity contribution in [3.05, 3.63) is 29.3 Å². The van der Waals surface area contributed by atoms with Gasteiger partial charge in [0.1, 0.15) is 0 Å². The number of aryl methyl sites for hydroxylation is 1. The molecule has 6 heteroatoms. The lowest BCUT2D eigenvalue weighted by molar-refractivity contribution is 0.424. The number of nitrogens with zero attached hydrogens (tertiary/aromatic N) is 1. The Kier molecular flexibility index (Phi) is 4.82. The van der Waals surface area contributed by atoms with Crippen LogP contribution in [0.5, 0.6) is 0 Å². The third kappa shape index (κ3) is 3.27. The fourth-order valence-electron chi connectivity index (χ4n) is 2.11. The highest BCUT2D eigenvalue weighted by Crippen LogP contribution is 2.25. The molecule has 1 aliphatic rings. The molecule has 0 saturated carbocycles. The molecule has 1 heterocycles. The first-order chi connectivity index (χ1) is 8.95. The van der Waals surface area contributed by atoms with Crippen LogP contribution in [-0.2, 0) is 15.9 Å². The number of halogens is 1. The van der Waals surface area contributed by atoms with E-state index >= 15 is 0 Å². The van der Waals surface area contributed by atoms with Crippen LogP contribution in [0.4, 0.5) is 0 Å². The Morgan fingerprint density at radius 1 is 1.47 bits per heavy atom. The van der Waals surface area contributed by atoms with E-state index in [1.807, 2.05) is 24.8 Å². The van der Waals surface area contributed by atoms with Crippen LogP contribution in [0.25, 0.3) is 0 Å². The normalized spacial score (nSPS) is 21.5. The predicted octanol–water partition coefficient (Wildman–Crippen LogP) is 2.86. The highest BCUT2D eigenvalue weighted by molar-refractivity contribution is 8.00. The van der Waals surface area contributed by atoms with Gasteiger partial charge in [-0.25, -0.2) is 8.42 Å². The average Bonchev–Trinajstić information content (AvgIpc) is 2.39. The van der Waals surface area contributed by atoms with Crippen molar-refractivity contribution in [2.24, 2.45) is 0 Å². The summed E-state index contributed by atoms with van der Waals surface area (Å²) < 4.78 is 26.8. The number of thioether (sulfide) groups is 1. The molecule has 0 amide bonds. The van der Waals surface area contributed by atoms with Gasteiger partial charge in [-0.3, -0.25) is 0 Å². The van der Waals surface area contributed by atoms with E-state index in [1.54, 1.807) is 16.4 Å². The average molecular weight is 320 g/mol. The van der Waals surface area contributed by atoms with E-state index in [-0.39, 0.29) is 0 Å². The van der Waals surface area contributed by atoms with Crippen LogP contribution in [0, 0.1) is 6.92 Å². The van der Waals surface area contributed by atoms with Gasteiger partial charge in [-0.05, 0) is 30.2 Å². The van der Waals surface area contributed by atoms with Crippen molar-refractivity contribution < 1.29 is 8.42 Å². The van der Waals surface area contributed by atoms with Gasteiger partial charge in [0.2, 0.25) is 10.0 Å². The Morgan fingerprint density at radius 2 is 2.21 bits per heavy atom. The van der Waals surface area contributed by atoms with Crippen LogP contribution in [0.15, 0.2) is 23.1 Å². The second-order valence-corrected chi connectivity index (χ2v) is 8.52. The van der Waals surface area contributed by atoms with E-state index < -0.39 is 10.0 Å². The zero-order chi connectivity index (χ0) is 14.0. The third-order valence-electron chi connectivity index (χ3n) is 3.31. The summed E-state index contributed by atoms with van der Waals surface area (Å²) in [5.74, 6) is 1.19. The lowest BCUT2D eigenvalue weighted by Crippen LogP contribution is -2.40. The molecule has 0 bridgehead atoms. The highest BCUT2D eigenvalue weighted by Gasteiger charge is 2.29. The number of alkyl halides is 1. The Hall–Kier alpha value is -0.230. The Bertz CT molecular complexity index is 560. The summed E-state index contributed by atoms with van der Waals surface area (Å²) in [7, 11) is -3.38. The molecule has 2 rings (SSSR count). The Labute approximate surface area is 124 Å². The number of benzene rings is 1. The SMILES string of the molecule is Cc1ccc(S(=O)(=O)N2CCSC(C)C2)cc1CCl. The fraction of sp³-hybridized carbons (Fsp3) is 0.538. The minimum absolute atomic E-state index is 0.335. The maximum absolute atomic E-state index is 12.6. The molecule has 106 valence electrons. The molecular weight excluding hydrogens is 302 g/mol. The molecule has 1 aromatic carbocycles. The molecule has 19 heavy (non-hydrogen) atoms. The largest absolute Gasteiger partial charge is 0.243 e. The summed E-state index contributed by atoms with van der Waals surface area (Å²) in [5.41, 5.74) is 1.90. The van der Waals surface area contributed by atoms with Gasteiger partial charge < -0.3 is 0 Å². The van der Waals surface area contributed by atoms with Gasteiger partial charge in [0.15, 0.2) is 0 Å². The van der Waals surface area contributed by atoms with E-state index in [1.165, 1.54) is 0 Å². The van der Waals surface area contributed by atoms with Crippen molar-refractivity contribution in [2.45, 2.75) is 29.9 Å². The molecule has 0 aliphatic carbocycles. The maximum atomic E-state index is 12.6. The molecule has 3 nitrogen and oxygen atoms in total. The minimum atomic E-state index is -3.38. The van der Waals surface area contributed by atoms with Crippen molar-refractivity contribution in [1.29, 1.82) is 0 Å². The second-order valence-electron chi connectivity index (χ2n) is 4.77. The maximum Gasteiger partial charge on any atom is 0.243 e. The number of rotatable bonds is 3. The summed E-state index contributed by atoms with van der Waals surface area (Å²) in [5, 5.41) is 0.349. The van der Waals surface area contributed by atoms with Crippen LogP contribution in [0.1, 0.15) is 18.1 Å². The topological polar surface area (TPSA) is 37.4 Å². The Morgan fingerprint density at radius 3 is 2.84 bits per heavy atom. The van der Waals surface area contributed by atoms with E-state index in [2.05, 4.69) is 6.92 Å². The lowest BCUT2D eigenvalue weighted by Gasteiger charge is -2.29. The first-order valence-corrected chi connectivity index (χ1v) is 9.24. The third-order valence-corrected chi connectivity index (χ3v) is 6.59. The summed E-state index contributed by atoms with van der Waals surface area (Å²) >= 11 is 7.67. The molecule has 1 aromatic rings. The quantitative estimate of drug-likeness (QED) is 0.804. The van der Waals surface area contributed by atoms with Crippen molar-refractivity contribution in [2.75, 3.05) is 18.8 Å². The highest BCUT2D eigenvalue weighted by atomic mass is 35.5. The first kappa shape index (κ1) is 15.2. The number of hydrogen-bond acceptors (Lipinski definition) is 3. The molecule has 0 aromatic heterocycles. The van der Waals surface area contributed by atoms with E-state index in [0.717, 1.165) is 16.9 Å². The van der Waals surface area contributed by atoms with Gasteiger partial charge in [0, 0.05) is 30.0 Å². The van der Waals surface area contributed by atoms with Gasteiger partial charge in [0.05, 0.1) is 4.90 Å². The van der Waals surface area contributed by atoms with Gasteiger partial charge in [0.25, 0.3) is 0 Å². The summed E-state index contributed by atoms with van der Waals surface area (Å²) in [6.07, 6.45) is 0. The van der Waals surface area contributed by atoms with Crippen LogP contribution >= 0.6 is 23.4 Å². The van der Waals surface area contributed by atoms with Crippen LogP contribution in [0.3, 0.4) is 0 Å². The Balaban J connectivity index is 2.33. The monoisotopic (exact) mass is 319 g/mol. The summed E-state index contributed by atoms with van der Waals surface area (Å²) in [6, 6.07) is 5.20. The predicted molar refractivity (Wildman–Crippen MR) is 81.4 cm³/mol. The van der Waals surface area contributed by atoms with E-state index in [9.17, 15) is 8.42 Å². The van der Waals surface area contributed by atoms with E-state index in [0.29, 0.717) is 29.1 Å². The number of hydrogen-bond donors (Lipinski definition) is 0. The van der Waals surface area contributed by atoms with Gasteiger partial charge in [-0.1, -0.05) is 13.0 Å². The van der Waals surface area contributed by atoms with Crippen molar-refractivity contribution in [1.82, 2.24) is 4.31 Å². The lowest BCUT2D eigenvalue weighted by atomic mass is 10.1. The van der Waals surface area contributed by atoms with E-state index in [4.69, 9.17) is 11.6 Å². The zero-order valence-corrected chi connectivity index (χ0v) is 13.5. The summed E-state index contributed by atoms with van der Waals surface area (Å²) in [6.45, 7) is 5.16. The zero-order valence-electron chi connectivity index (χ0n) is 11.1. The minimum Gasteiger partial charge on any atom is -0.207 e. The van der Waals surface area contributed by atoms with Crippen LogP contribution in [0.2, 0.25) is 0 Å². The first-order valence-electron chi connectivity index (χ1n) is 6.22. The molecular formula is C13H18ClNO2S2. The van der Waals surface area contributed by atoms with Gasteiger partial charge in [-0.2, -0.15) is 16.1 Å². The van der Waals surface area contributed by atoms with Crippen LogP contribution in [-0.4, -0.2) is 36.8 Å². The van der Waals surface area contributed by atoms with Gasteiger partial charge >= 0.3 is 0 Å². The fourth-order valence-corrected chi connectivity index (χ4v) is 5.20. The standard InChI is InChI=1S/C13H18ClNO2S2/c1-10-3-4-13(7-12(10)8-14)19(16,17)15-5-6-18-11(2)9-15/h3-4,7,11H,5-6,8-9H2,1-2H3. The molecule has 0 spiro atoms. The smallest absolute Gasteiger partial charge is 0.207 e. The van der Waals surface area contributed by atoms with Crippen molar-refractivity contribution >= 4 is 33.4 Å². The molecule has 1 saturated heterocycles. The molecule has 0 N–H and O–H groups in total.